The van der Waals surface area contributed by atoms with Crippen LogP contribution >= 0.6 is 0 Å². The lowest BCUT2D eigenvalue weighted by Gasteiger charge is -2.26. The number of carbonyl (C=O) groups is 2. The topological polar surface area (TPSA) is 96.1 Å². The average Bonchev–Trinajstić information content (AvgIpc) is 3.54. The van der Waals surface area contributed by atoms with Crippen LogP contribution in [0.1, 0.15) is 62.8 Å². The fourth-order valence-corrected chi connectivity index (χ4v) is 4.46. The maximum absolute atomic E-state index is 13.2. The van der Waals surface area contributed by atoms with Gasteiger partial charge in [0.25, 0.3) is 0 Å². The molecule has 1 heterocycles. The Kier molecular flexibility index (Phi) is 6.59. The van der Waals surface area contributed by atoms with E-state index in [1.807, 2.05) is 38.1 Å². The summed E-state index contributed by atoms with van der Waals surface area (Å²) < 4.78 is 5.35. The zero-order valence-electron chi connectivity index (χ0n) is 18.4. The van der Waals surface area contributed by atoms with Crippen LogP contribution in [0.25, 0.3) is 11.1 Å². The number of hydrogen-bond donors (Lipinski definition) is 3. The summed E-state index contributed by atoms with van der Waals surface area (Å²) in [6, 6.07) is 7.17. The number of benzene rings is 1. The monoisotopic (exact) mass is 424 g/mol. The standard InChI is InChI=1S/C24H32N4O3/c1-15-21(16(2)28-27-15)17-9-11-19(12-10-17)25-23(29)22(18-7-5-3-4-6-8-18)26-24(30)31-20-13-14-20/h9-12,18,20,22H,3-8,13-14H2,1-2H3,(H,25,29)(H,26,30)(H,27,28)/t22-/m0/s1. The van der Waals surface area contributed by atoms with E-state index in [2.05, 4.69) is 20.8 Å². The molecule has 0 unspecified atom stereocenters. The summed E-state index contributed by atoms with van der Waals surface area (Å²) >= 11 is 0. The van der Waals surface area contributed by atoms with E-state index >= 15 is 0 Å². The Morgan fingerprint density at radius 3 is 2.29 bits per heavy atom. The Bertz CT molecular complexity index is 890. The number of H-pyrrole nitrogens is 1. The molecule has 0 aliphatic heterocycles. The Labute approximate surface area is 183 Å². The van der Waals surface area contributed by atoms with E-state index in [0.717, 1.165) is 61.0 Å². The SMILES string of the molecule is Cc1n[nH]c(C)c1-c1ccc(NC(=O)[C@@H](NC(=O)OC2CC2)C2CCCCCC2)cc1. The first kappa shape index (κ1) is 21.4. The first-order valence-electron chi connectivity index (χ1n) is 11.4. The summed E-state index contributed by atoms with van der Waals surface area (Å²) in [6.45, 7) is 3.97. The van der Waals surface area contributed by atoms with Crippen molar-refractivity contribution in [2.45, 2.75) is 77.4 Å². The summed E-state index contributed by atoms with van der Waals surface area (Å²) in [7, 11) is 0. The van der Waals surface area contributed by atoms with E-state index in [1.54, 1.807) is 0 Å². The molecule has 2 amide bonds. The Morgan fingerprint density at radius 2 is 1.71 bits per heavy atom. The van der Waals surface area contributed by atoms with Crippen molar-refractivity contribution < 1.29 is 14.3 Å². The van der Waals surface area contributed by atoms with Crippen LogP contribution in [0.2, 0.25) is 0 Å². The second kappa shape index (κ2) is 9.54. The van der Waals surface area contributed by atoms with Gasteiger partial charge in [0.1, 0.15) is 12.1 Å². The highest BCUT2D eigenvalue weighted by atomic mass is 16.6. The van der Waals surface area contributed by atoms with Gasteiger partial charge in [0.05, 0.1) is 5.69 Å². The smallest absolute Gasteiger partial charge is 0.408 e. The van der Waals surface area contributed by atoms with Crippen molar-refractivity contribution in [3.05, 3.63) is 35.7 Å². The number of ether oxygens (including phenoxy) is 1. The molecule has 0 spiro atoms. The second-order valence-electron chi connectivity index (χ2n) is 8.85. The summed E-state index contributed by atoms with van der Waals surface area (Å²) in [5.74, 6) is -0.0483. The van der Waals surface area contributed by atoms with Crippen molar-refractivity contribution in [3.63, 3.8) is 0 Å². The normalized spacial score (nSPS) is 18.1. The molecule has 2 aromatic rings. The molecule has 3 N–H and O–H groups in total. The van der Waals surface area contributed by atoms with Crippen molar-refractivity contribution >= 4 is 17.7 Å². The van der Waals surface area contributed by atoms with Gasteiger partial charge in [0, 0.05) is 16.9 Å². The predicted octanol–water partition coefficient (Wildman–Crippen LogP) is 4.86. The number of carbonyl (C=O) groups excluding carboxylic acids is 2. The number of aromatic amines is 1. The Hall–Kier alpha value is -2.83. The summed E-state index contributed by atoms with van der Waals surface area (Å²) in [6.07, 6.45) is 7.80. The van der Waals surface area contributed by atoms with Crippen molar-refractivity contribution in [2.24, 2.45) is 5.92 Å². The molecule has 4 rings (SSSR count). The molecule has 7 heteroatoms. The van der Waals surface area contributed by atoms with Gasteiger partial charge in [-0.15, -0.1) is 0 Å². The summed E-state index contributed by atoms with van der Waals surface area (Å²) in [5, 5.41) is 13.1. The fourth-order valence-electron chi connectivity index (χ4n) is 4.46. The number of nitrogens with one attached hydrogen (secondary N) is 3. The molecule has 1 aromatic heterocycles. The summed E-state index contributed by atoms with van der Waals surface area (Å²) in [4.78, 5) is 25.5. The molecule has 0 bridgehead atoms. The lowest BCUT2D eigenvalue weighted by Crippen LogP contribution is -2.48. The van der Waals surface area contributed by atoms with E-state index in [4.69, 9.17) is 4.74 Å². The predicted molar refractivity (Wildman–Crippen MR) is 120 cm³/mol. The molecule has 1 aromatic carbocycles. The van der Waals surface area contributed by atoms with Crippen LogP contribution in [0, 0.1) is 19.8 Å². The van der Waals surface area contributed by atoms with E-state index in [1.165, 1.54) is 12.8 Å². The number of aromatic nitrogens is 2. The largest absolute Gasteiger partial charge is 0.446 e. The van der Waals surface area contributed by atoms with Gasteiger partial charge >= 0.3 is 6.09 Å². The molecular weight excluding hydrogens is 392 g/mol. The number of anilines is 1. The zero-order valence-corrected chi connectivity index (χ0v) is 18.4. The number of aryl methyl sites for hydroxylation is 2. The van der Waals surface area contributed by atoms with Gasteiger partial charge < -0.3 is 15.4 Å². The van der Waals surface area contributed by atoms with E-state index in [9.17, 15) is 9.59 Å². The first-order chi connectivity index (χ1) is 15.0. The number of rotatable bonds is 6. The number of amides is 2. The minimum atomic E-state index is -0.581. The molecule has 2 aliphatic carbocycles. The van der Waals surface area contributed by atoms with Gasteiger partial charge in [-0.2, -0.15) is 5.10 Å². The fraction of sp³-hybridized carbons (Fsp3) is 0.542. The molecule has 0 saturated heterocycles. The highest BCUT2D eigenvalue weighted by molar-refractivity contribution is 5.97. The van der Waals surface area contributed by atoms with Crippen molar-refractivity contribution in [1.82, 2.24) is 15.5 Å². The van der Waals surface area contributed by atoms with Gasteiger partial charge in [0.2, 0.25) is 5.91 Å². The third-order valence-electron chi connectivity index (χ3n) is 6.29. The van der Waals surface area contributed by atoms with E-state index in [-0.39, 0.29) is 17.9 Å². The van der Waals surface area contributed by atoms with E-state index < -0.39 is 12.1 Å². The maximum Gasteiger partial charge on any atom is 0.408 e. The molecule has 166 valence electrons. The van der Waals surface area contributed by atoms with Crippen molar-refractivity contribution in [1.29, 1.82) is 0 Å². The lowest BCUT2D eigenvalue weighted by molar-refractivity contribution is -0.119. The Morgan fingerprint density at radius 1 is 1.03 bits per heavy atom. The minimum Gasteiger partial charge on any atom is -0.446 e. The van der Waals surface area contributed by atoms with Crippen LogP contribution in [-0.4, -0.2) is 34.3 Å². The molecule has 31 heavy (non-hydrogen) atoms. The third-order valence-corrected chi connectivity index (χ3v) is 6.29. The number of nitrogens with zero attached hydrogens (tertiary/aromatic N) is 1. The molecular formula is C24H32N4O3. The second-order valence-corrected chi connectivity index (χ2v) is 8.85. The maximum atomic E-state index is 13.2. The van der Waals surface area contributed by atoms with Crippen LogP contribution in [0.3, 0.4) is 0 Å². The molecule has 7 nitrogen and oxygen atoms in total. The lowest BCUT2D eigenvalue weighted by atomic mass is 9.91. The number of hydrogen-bond acceptors (Lipinski definition) is 4. The van der Waals surface area contributed by atoms with Crippen LogP contribution in [-0.2, 0) is 9.53 Å². The van der Waals surface area contributed by atoms with Gasteiger partial charge in [-0.1, -0.05) is 37.8 Å². The van der Waals surface area contributed by atoms with Crippen LogP contribution in [0.15, 0.2) is 24.3 Å². The van der Waals surface area contributed by atoms with Crippen LogP contribution in [0.4, 0.5) is 10.5 Å². The van der Waals surface area contributed by atoms with Gasteiger partial charge in [-0.3, -0.25) is 9.89 Å². The third kappa shape index (κ3) is 5.46. The average molecular weight is 425 g/mol. The van der Waals surface area contributed by atoms with Gasteiger partial charge in [-0.05, 0) is 63.1 Å². The van der Waals surface area contributed by atoms with Crippen molar-refractivity contribution in [2.75, 3.05) is 5.32 Å². The Balaban J connectivity index is 1.46. The molecule has 2 saturated carbocycles. The zero-order chi connectivity index (χ0) is 21.8. The highest BCUT2D eigenvalue weighted by Gasteiger charge is 2.33. The molecule has 2 fully saturated rings. The van der Waals surface area contributed by atoms with Crippen LogP contribution in [0.5, 0.6) is 0 Å². The summed E-state index contributed by atoms with van der Waals surface area (Å²) in [5.41, 5.74) is 4.80. The van der Waals surface area contributed by atoms with E-state index in [0.29, 0.717) is 5.69 Å². The quantitative estimate of drug-likeness (QED) is 0.577. The minimum absolute atomic E-state index is 0.0141. The number of alkyl carbamates (subject to hydrolysis) is 1. The first-order valence-corrected chi connectivity index (χ1v) is 11.4. The van der Waals surface area contributed by atoms with Crippen LogP contribution < -0.4 is 10.6 Å². The van der Waals surface area contributed by atoms with Gasteiger partial charge in [-0.25, -0.2) is 4.79 Å². The molecule has 1 atom stereocenters. The molecule has 0 radical (unpaired) electrons. The highest BCUT2D eigenvalue weighted by Crippen LogP contribution is 2.29. The van der Waals surface area contributed by atoms with Crippen molar-refractivity contribution in [3.8, 4) is 11.1 Å². The molecule has 2 aliphatic rings. The van der Waals surface area contributed by atoms with Gasteiger partial charge in [0.15, 0.2) is 0 Å².